The number of carbonyl (C=O) groups is 2. The number of nitrogens with one attached hydrogen (secondary N) is 1. The van der Waals surface area contributed by atoms with Gasteiger partial charge in [0.1, 0.15) is 5.56 Å². The zero-order chi connectivity index (χ0) is 17.6. The van der Waals surface area contributed by atoms with Crippen molar-refractivity contribution in [2.45, 2.75) is 19.3 Å². The van der Waals surface area contributed by atoms with E-state index in [9.17, 15) is 19.7 Å². The summed E-state index contributed by atoms with van der Waals surface area (Å²) in [7, 11) is 0. The molecule has 0 spiro atoms. The molecular formula is C18H15N3O4. The molecule has 0 aliphatic carbocycles. The van der Waals surface area contributed by atoms with Gasteiger partial charge in [0, 0.05) is 18.3 Å². The molecule has 7 heteroatoms. The summed E-state index contributed by atoms with van der Waals surface area (Å²) in [6.07, 6.45) is 2.07. The highest BCUT2D eigenvalue weighted by molar-refractivity contribution is 6.08. The number of benzene rings is 2. The molecule has 0 fully saturated rings. The summed E-state index contributed by atoms with van der Waals surface area (Å²) in [6, 6.07) is 9.48. The topological polar surface area (TPSA) is 92.6 Å². The predicted octanol–water partition coefficient (Wildman–Crippen LogP) is 2.68. The normalized spacial score (nSPS) is 15.0. The highest BCUT2D eigenvalue weighted by Gasteiger charge is 2.32. The summed E-state index contributed by atoms with van der Waals surface area (Å²) < 4.78 is 0. The smallest absolute Gasteiger partial charge is 0.282 e. The number of anilines is 2. The Bertz CT molecular complexity index is 923. The SMILES string of the molecule is O=C(Nc1cc2c3c(c1)CC(=O)N3CCC2)c1ccccc1[N+](=O)[O-]. The maximum absolute atomic E-state index is 12.5. The first-order valence-corrected chi connectivity index (χ1v) is 8.05. The van der Waals surface area contributed by atoms with Crippen molar-refractivity contribution in [3.05, 3.63) is 63.2 Å². The molecule has 0 atom stereocenters. The van der Waals surface area contributed by atoms with Crippen molar-refractivity contribution in [2.75, 3.05) is 16.8 Å². The minimum atomic E-state index is -0.572. The molecule has 2 aliphatic heterocycles. The van der Waals surface area contributed by atoms with E-state index in [4.69, 9.17) is 0 Å². The minimum absolute atomic E-state index is 0.0133. The molecule has 2 aromatic carbocycles. The van der Waals surface area contributed by atoms with Crippen LogP contribution in [0.5, 0.6) is 0 Å². The monoisotopic (exact) mass is 337 g/mol. The predicted molar refractivity (Wildman–Crippen MR) is 91.9 cm³/mol. The lowest BCUT2D eigenvalue weighted by atomic mass is 9.99. The summed E-state index contributed by atoms with van der Waals surface area (Å²) in [5.41, 5.74) is 3.25. The maximum Gasteiger partial charge on any atom is 0.282 e. The van der Waals surface area contributed by atoms with E-state index < -0.39 is 10.8 Å². The number of hydrogen-bond acceptors (Lipinski definition) is 4. The molecule has 25 heavy (non-hydrogen) atoms. The van der Waals surface area contributed by atoms with Gasteiger partial charge in [0.2, 0.25) is 5.91 Å². The molecule has 0 bridgehead atoms. The van der Waals surface area contributed by atoms with Gasteiger partial charge in [0.05, 0.1) is 17.0 Å². The Morgan fingerprint density at radius 1 is 1.20 bits per heavy atom. The molecule has 0 saturated carbocycles. The molecule has 0 aromatic heterocycles. The third kappa shape index (κ3) is 2.53. The number of amides is 2. The molecule has 0 saturated heterocycles. The van der Waals surface area contributed by atoms with Crippen LogP contribution in [0.3, 0.4) is 0 Å². The summed E-state index contributed by atoms with van der Waals surface area (Å²) in [5.74, 6) is -0.449. The largest absolute Gasteiger partial charge is 0.322 e. The Balaban J connectivity index is 1.67. The van der Waals surface area contributed by atoms with Crippen LogP contribution in [0.2, 0.25) is 0 Å². The average Bonchev–Trinajstić information content (AvgIpc) is 2.92. The average molecular weight is 337 g/mol. The second-order valence-electron chi connectivity index (χ2n) is 6.20. The molecule has 0 radical (unpaired) electrons. The number of nitro groups is 1. The fourth-order valence-corrected chi connectivity index (χ4v) is 3.57. The molecule has 7 nitrogen and oxygen atoms in total. The number of hydrogen-bond donors (Lipinski definition) is 1. The third-order valence-corrected chi connectivity index (χ3v) is 4.61. The van der Waals surface area contributed by atoms with E-state index >= 15 is 0 Å². The molecule has 2 heterocycles. The molecule has 126 valence electrons. The van der Waals surface area contributed by atoms with Crippen LogP contribution in [0.25, 0.3) is 0 Å². The Kier molecular flexibility index (Phi) is 3.49. The fraction of sp³-hybridized carbons (Fsp3) is 0.222. The quantitative estimate of drug-likeness (QED) is 0.688. The second-order valence-corrected chi connectivity index (χ2v) is 6.20. The van der Waals surface area contributed by atoms with Gasteiger partial charge in [-0.2, -0.15) is 0 Å². The van der Waals surface area contributed by atoms with Crippen molar-refractivity contribution in [1.29, 1.82) is 0 Å². The third-order valence-electron chi connectivity index (χ3n) is 4.61. The molecule has 2 aromatic rings. The van der Waals surface area contributed by atoms with Gasteiger partial charge in [-0.3, -0.25) is 19.7 Å². The van der Waals surface area contributed by atoms with Gasteiger partial charge in [-0.25, -0.2) is 0 Å². The summed E-state index contributed by atoms with van der Waals surface area (Å²) in [5, 5.41) is 13.8. The number of aryl methyl sites for hydroxylation is 1. The van der Waals surface area contributed by atoms with Gasteiger partial charge in [-0.1, -0.05) is 12.1 Å². The van der Waals surface area contributed by atoms with Crippen molar-refractivity contribution in [3.63, 3.8) is 0 Å². The van der Waals surface area contributed by atoms with Crippen LogP contribution < -0.4 is 10.2 Å². The van der Waals surface area contributed by atoms with Crippen LogP contribution in [-0.2, 0) is 17.6 Å². The van der Waals surface area contributed by atoms with Gasteiger partial charge in [0.15, 0.2) is 0 Å². The van der Waals surface area contributed by atoms with Crippen LogP contribution in [-0.4, -0.2) is 23.3 Å². The van der Waals surface area contributed by atoms with Gasteiger partial charge >= 0.3 is 0 Å². The zero-order valence-electron chi connectivity index (χ0n) is 13.3. The molecule has 2 aliphatic rings. The Morgan fingerprint density at radius 2 is 1.96 bits per heavy atom. The lowest BCUT2D eigenvalue weighted by molar-refractivity contribution is -0.385. The molecule has 2 amide bonds. The van der Waals surface area contributed by atoms with E-state index in [1.807, 2.05) is 11.0 Å². The lowest BCUT2D eigenvalue weighted by Crippen LogP contribution is -2.31. The molecular weight excluding hydrogens is 322 g/mol. The van der Waals surface area contributed by atoms with Crippen molar-refractivity contribution in [2.24, 2.45) is 0 Å². The van der Waals surface area contributed by atoms with Gasteiger partial charge in [-0.15, -0.1) is 0 Å². The minimum Gasteiger partial charge on any atom is -0.322 e. The maximum atomic E-state index is 12.5. The van der Waals surface area contributed by atoms with Gasteiger partial charge in [0.25, 0.3) is 11.6 Å². The van der Waals surface area contributed by atoms with Crippen LogP contribution in [0.4, 0.5) is 17.1 Å². The fourth-order valence-electron chi connectivity index (χ4n) is 3.57. The highest BCUT2D eigenvalue weighted by atomic mass is 16.6. The first-order valence-electron chi connectivity index (χ1n) is 8.05. The van der Waals surface area contributed by atoms with Crippen LogP contribution in [0.1, 0.15) is 27.9 Å². The Morgan fingerprint density at radius 3 is 2.76 bits per heavy atom. The molecule has 4 rings (SSSR count). The number of nitro benzene ring substituents is 1. The summed E-state index contributed by atoms with van der Waals surface area (Å²) in [4.78, 5) is 36.9. The molecule has 1 N–H and O–H groups in total. The van der Waals surface area contributed by atoms with Crippen LogP contribution in [0.15, 0.2) is 36.4 Å². The van der Waals surface area contributed by atoms with Crippen LogP contribution >= 0.6 is 0 Å². The summed E-state index contributed by atoms with van der Waals surface area (Å²) >= 11 is 0. The zero-order valence-corrected chi connectivity index (χ0v) is 13.3. The second kappa shape index (κ2) is 5.70. The Hall–Kier alpha value is -3.22. The number of para-hydroxylation sites is 1. The van der Waals surface area contributed by atoms with E-state index in [1.54, 1.807) is 12.1 Å². The Labute approximate surface area is 143 Å². The van der Waals surface area contributed by atoms with Crippen LogP contribution in [0, 0.1) is 10.1 Å². The van der Waals surface area contributed by atoms with E-state index in [0.717, 1.165) is 36.2 Å². The lowest BCUT2D eigenvalue weighted by Gasteiger charge is -2.26. The van der Waals surface area contributed by atoms with Gasteiger partial charge < -0.3 is 10.2 Å². The van der Waals surface area contributed by atoms with E-state index in [-0.39, 0.29) is 17.2 Å². The summed E-state index contributed by atoms with van der Waals surface area (Å²) in [6.45, 7) is 0.737. The molecule has 0 unspecified atom stereocenters. The number of carbonyl (C=O) groups excluding carboxylic acids is 2. The van der Waals surface area contributed by atoms with Crippen molar-refractivity contribution in [1.82, 2.24) is 0 Å². The van der Waals surface area contributed by atoms with Crippen molar-refractivity contribution >= 4 is 28.9 Å². The van der Waals surface area contributed by atoms with E-state index in [0.29, 0.717) is 12.1 Å². The van der Waals surface area contributed by atoms with E-state index in [1.165, 1.54) is 18.2 Å². The van der Waals surface area contributed by atoms with Gasteiger partial charge in [-0.05, 0) is 42.2 Å². The van der Waals surface area contributed by atoms with Crippen molar-refractivity contribution in [3.8, 4) is 0 Å². The standard InChI is InChI=1S/C18H15N3O4/c22-16-10-12-9-13(8-11-4-3-7-20(16)17(11)12)19-18(23)14-5-1-2-6-15(14)21(24)25/h1-2,5-6,8-9H,3-4,7,10H2,(H,19,23). The first-order chi connectivity index (χ1) is 12.0. The van der Waals surface area contributed by atoms with E-state index in [2.05, 4.69) is 5.32 Å². The highest BCUT2D eigenvalue weighted by Crippen LogP contribution is 2.39. The number of rotatable bonds is 3. The number of nitrogens with zero attached hydrogens (tertiary/aromatic N) is 2. The first kappa shape index (κ1) is 15.3. The van der Waals surface area contributed by atoms with Crippen molar-refractivity contribution < 1.29 is 14.5 Å².